The SMILES string of the molecule is CCc1cc2c(Cc3ccc(C)cc3F)ccnc2cc1C(C)C. The summed E-state index contributed by atoms with van der Waals surface area (Å²) in [5.74, 6) is 0.346. The summed E-state index contributed by atoms with van der Waals surface area (Å²) >= 11 is 0. The Morgan fingerprint density at radius 1 is 1.00 bits per heavy atom. The van der Waals surface area contributed by atoms with Gasteiger partial charge in [0.25, 0.3) is 0 Å². The van der Waals surface area contributed by atoms with Crippen molar-refractivity contribution in [2.24, 2.45) is 0 Å². The van der Waals surface area contributed by atoms with E-state index in [1.54, 1.807) is 6.07 Å². The zero-order valence-electron chi connectivity index (χ0n) is 14.9. The highest BCUT2D eigenvalue weighted by Crippen LogP contribution is 2.28. The summed E-state index contributed by atoms with van der Waals surface area (Å²) in [7, 11) is 0. The summed E-state index contributed by atoms with van der Waals surface area (Å²) < 4.78 is 14.2. The van der Waals surface area contributed by atoms with Gasteiger partial charge < -0.3 is 0 Å². The molecule has 0 bridgehead atoms. The molecule has 3 rings (SSSR count). The van der Waals surface area contributed by atoms with Gasteiger partial charge in [0.15, 0.2) is 0 Å². The number of nitrogens with zero attached hydrogens (tertiary/aromatic N) is 1. The molecule has 0 saturated carbocycles. The van der Waals surface area contributed by atoms with E-state index in [9.17, 15) is 4.39 Å². The van der Waals surface area contributed by atoms with Crippen LogP contribution in [0, 0.1) is 12.7 Å². The van der Waals surface area contributed by atoms with E-state index in [-0.39, 0.29) is 5.82 Å². The topological polar surface area (TPSA) is 12.9 Å². The molecule has 1 nitrogen and oxygen atoms in total. The van der Waals surface area contributed by atoms with Crippen LogP contribution in [0.2, 0.25) is 0 Å². The Kier molecular flexibility index (Phi) is 4.66. The second kappa shape index (κ2) is 6.72. The lowest BCUT2D eigenvalue weighted by atomic mass is 9.91. The van der Waals surface area contributed by atoms with Crippen molar-refractivity contribution in [2.75, 3.05) is 0 Å². The number of aromatic nitrogens is 1. The normalized spacial score (nSPS) is 11.4. The molecule has 0 amide bonds. The maximum atomic E-state index is 14.2. The Morgan fingerprint density at radius 3 is 2.46 bits per heavy atom. The highest BCUT2D eigenvalue weighted by Gasteiger charge is 2.12. The van der Waals surface area contributed by atoms with Gasteiger partial charge in [0.05, 0.1) is 5.52 Å². The van der Waals surface area contributed by atoms with Gasteiger partial charge in [-0.2, -0.15) is 0 Å². The Balaban J connectivity index is 2.11. The number of pyridine rings is 1. The Hall–Kier alpha value is -2.22. The molecule has 1 aromatic heterocycles. The molecule has 0 atom stereocenters. The maximum Gasteiger partial charge on any atom is 0.126 e. The predicted molar refractivity (Wildman–Crippen MR) is 99.2 cm³/mol. The van der Waals surface area contributed by atoms with E-state index in [1.807, 2.05) is 31.3 Å². The lowest BCUT2D eigenvalue weighted by molar-refractivity contribution is 0.613. The Labute approximate surface area is 143 Å². The maximum absolute atomic E-state index is 14.2. The zero-order valence-corrected chi connectivity index (χ0v) is 14.9. The van der Waals surface area contributed by atoms with E-state index in [4.69, 9.17) is 0 Å². The van der Waals surface area contributed by atoms with E-state index in [0.29, 0.717) is 12.3 Å². The monoisotopic (exact) mass is 321 g/mol. The van der Waals surface area contributed by atoms with Crippen LogP contribution in [-0.2, 0) is 12.8 Å². The molecule has 0 radical (unpaired) electrons. The van der Waals surface area contributed by atoms with Crippen LogP contribution < -0.4 is 0 Å². The molecule has 124 valence electrons. The largest absolute Gasteiger partial charge is 0.256 e. The van der Waals surface area contributed by atoms with Gasteiger partial charge in [0.2, 0.25) is 0 Å². The third kappa shape index (κ3) is 3.19. The van der Waals surface area contributed by atoms with E-state index < -0.39 is 0 Å². The summed E-state index contributed by atoms with van der Waals surface area (Å²) in [5.41, 5.74) is 6.53. The fourth-order valence-electron chi connectivity index (χ4n) is 3.31. The van der Waals surface area contributed by atoms with Gasteiger partial charge in [-0.25, -0.2) is 4.39 Å². The van der Waals surface area contributed by atoms with Crippen LogP contribution in [0.3, 0.4) is 0 Å². The lowest BCUT2D eigenvalue weighted by Crippen LogP contribution is -1.99. The van der Waals surface area contributed by atoms with E-state index in [1.165, 1.54) is 11.1 Å². The summed E-state index contributed by atoms with van der Waals surface area (Å²) in [5, 5.41) is 1.14. The van der Waals surface area contributed by atoms with Gasteiger partial charge in [-0.05, 0) is 71.3 Å². The van der Waals surface area contributed by atoms with E-state index >= 15 is 0 Å². The number of rotatable bonds is 4. The second-order valence-electron chi connectivity index (χ2n) is 6.82. The summed E-state index contributed by atoms with van der Waals surface area (Å²) in [6, 6.07) is 11.9. The molecule has 2 heteroatoms. The highest BCUT2D eigenvalue weighted by atomic mass is 19.1. The van der Waals surface area contributed by atoms with Gasteiger partial charge in [0.1, 0.15) is 5.82 Å². The van der Waals surface area contributed by atoms with Gasteiger partial charge >= 0.3 is 0 Å². The van der Waals surface area contributed by atoms with E-state index in [0.717, 1.165) is 34.0 Å². The third-order valence-electron chi connectivity index (χ3n) is 4.69. The summed E-state index contributed by atoms with van der Waals surface area (Å²) in [6.45, 7) is 8.52. The van der Waals surface area contributed by atoms with Crippen LogP contribution in [0.1, 0.15) is 54.5 Å². The van der Waals surface area contributed by atoms with Crippen molar-refractivity contribution in [3.63, 3.8) is 0 Å². The molecule has 0 N–H and O–H groups in total. The van der Waals surface area contributed by atoms with Crippen molar-refractivity contribution in [1.82, 2.24) is 4.98 Å². The highest BCUT2D eigenvalue weighted by molar-refractivity contribution is 5.84. The smallest absolute Gasteiger partial charge is 0.126 e. The Bertz CT molecular complexity index is 881. The molecule has 1 heterocycles. The van der Waals surface area contributed by atoms with Gasteiger partial charge in [0, 0.05) is 18.0 Å². The number of benzene rings is 2. The van der Waals surface area contributed by atoms with Crippen LogP contribution in [0.25, 0.3) is 10.9 Å². The van der Waals surface area contributed by atoms with E-state index in [2.05, 4.69) is 37.9 Å². The number of halogens is 1. The minimum Gasteiger partial charge on any atom is -0.256 e. The van der Waals surface area contributed by atoms with Crippen molar-refractivity contribution in [2.45, 2.75) is 46.5 Å². The van der Waals surface area contributed by atoms with Crippen LogP contribution in [0.5, 0.6) is 0 Å². The van der Waals surface area contributed by atoms with Gasteiger partial charge in [-0.1, -0.05) is 32.9 Å². The average Bonchev–Trinajstić information content (AvgIpc) is 2.56. The number of fused-ring (bicyclic) bond motifs is 1. The molecule has 0 aliphatic carbocycles. The molecule has 2 aromatic carbocycles. The Morgan fingerprint density at radius 2 is 1.79 bits per heavy atom. The first-order valence-electron chi connectivity index (χ1n) is 8.65. The summed E-state index contributed by atoms with van der Waals surface area (Å²) in [6.07, 6.45) is 3.42. The molecule has 0 saturated heterocycles. The van der Waals surface area contributed by atoms with Crippen molar-refractivity contribution in [1.29, 1.82) is 0 Å². The molecular formula is C22H24FN. The lowest BCUT2D eigenvalue weighted by Gasteiger charge is -2.15. The number of hydrogen-bond donors (Lipinski definition) is 0. The fourth-order valence-corrected chi connectivity index (χ4v) is 3.31. The average molecular weight is 321 g/mol. The minimum absolute atomic E-state index is 0.130. The molecule has 24 heavy (non-hydrogen) atoms. The molecule has 0 aliphatic heterocycles. The molecule has 0 unspecified atom stereocenters. The van der Waals surface area contributed by atoms with Crippen LogP contribution in [0.4, 0.5) is 4.39 Å². The third-order valence-corrected chi connectivity index (χ3v) is 4.69. The molecule has 0 spiro atoms. The minimum atomic E-state index is -0.130. The fraction of sp³-hybridized carbons (Fsp3) is 0.318. The first kappa shape index (κ1) is 16.6. The van der Waals surface area contributed by atoms with Crippen LogP contribution in [-0.4, -0.2) is 4.98 Å². The van der Waals surface area contributed by atoms with Crippen molar-refractivity contribution < 1.29 is 4.39 Å². The standard InChI is InChI=1S/C22H24FN/c1-5-16-12-20-17(11-18-7-6-15(4)10-21(18)23)8-9-24-22(20)13-19(16)14(2)3/h6-10,12-14H,5,11H2,1-4H3. The molecule has 0 fully saturated rings. The quantitative estimate of drug-likeness (QED) is 0.578. The van der Waals surface area contributed by atoms with Gasteiger partial charge in [-0.3, -0.25) is 4.98 Å². The van der Waals surface area contributed by atoms with Crippen LogP contribution >= 0.6 is 0 Å². The van der Waals surface area contributed by atoms with Crippen molar-refractivity contribution in [3.05, 3.63) is 76.2 Å². The van der Waals surface area contributed by atoms with Crippen molar-refractivity contribution >= 4 is 10.9 Å². The molecule has 3 aromatic rings. The van der Waals surface area contributed by atoms with Crippen molar-refractivity contribution in [3.8, 4) is 0 Å². The first-order valence-corrected chi connectivity index (χ1v) is 8.65. The second-order valence-corrected chi connectivity index (χ2v) is 6.82. The van der Waals surface area contributed by atoms with Gasteiger partial charge in [-0.15, -0.1) is 0 Å². The molecular weight excluding hydrogens is 297 g/mol. The zero-order chi connectivity index (χ0) is 17.3. The number of hydrogen-bond acceptors (Lipinski definition) is 1. The predicted octanol–water partition coefficient (Wildman–Crippen LogP) is 5.96. The molecule has 0 aliphatic rings. The van der Waals surface area contributed by atoms with Crippen LogP contribution in [0.15, 0.2) is 42.6 Å². The first-order chi connectivity index (χ1) is 11.5. The summed E-state index contributed by atoms with van der Waals surface area (Å²) in [4.78, 5) is 4.54. The number of aryl methyl sites for hydroxylation is 2.